The number of carbonyl (C=O) groups excluding carboxylic acids is 1. The van der Waals surface area contributed by atoms with Crippen molar-refractivity contribution in [2.75, 3.05) is 21.9 Å². The van der Waals surface area contributed by atoms with Gasteiger partial charge in [0.25, 0.3) is 20.0 Å². The van der Waals surface area contributed by atoms with Crippen LogP contribution in [0.2, 0.25) is 0 Å². The number of esters is 1. The van der Waals surface area contributed by atoms with Crippen molar-refractivity contribution in [3.63, 3.8) is 0 Å². The Balaban J connectivity index is 1.44. The lowest BCUT2D eigenvalue weighted by Gasteiger charge is -2.17. The van der Waals surface area contributed by atoms with Crippen molar-refractivity contribution >= 4 is 43.1 Å². The molecule has 0 aliphatic carbocycles. The lowest BCUT2D eigenvalue weighted by atomic mass is 10.1. The van der Waals surface area contributed by atoms with Crippen molar-refractivity contribution in [1.82, 2.24) is 0 Å². The molecular formula is C35H33N3O7S2. The third kappa shape index (κ3) is 8.29. The Kier molecular flexibility index (Phi) is 9.83. The molecule has 0 aliphatic heterocycles. The third-order valence-corrected chi connectivity index (χ3v) is 9.86. The van der Waals surface area contributed by atoms with Crippen molar-refractivity contribution in [3.05, 3.63) is 138 Å². The monoisotopic (exact) mass is 671 g/mol. The van der Waals surface area contributed by atoms with E-state index in [0.717, 1.165) is 16.7 Å². The molecule has 47 heavy (non-hydrogen) atoms. The number of rotatable bonds is 12. The minimum atomic E-state index is -4.01. The Morgan fingerprint density at radius 1 is 0.617 bits per heavy atom. The number of methoxy groups -OCH3 is 1. The Morgan fingerprint density at radius 3 is 1.68 bits per heavy atom. The van der Waals surface area contributed by atoms with Gasteiger partial charge < -0.3 is 14.8 Å². The highest BCUT2D eigenvalue weighted by molar-refractivity contribution is 7.93. The quantitative estimate of drug-likeness (QED) is 0.119. The Morgan fingerprint density at radius 2 is 1.13 bits per heavy atom. The predicted molar refractivity (Wildman–Crippen MR) is 182 cm³/mol. The summed E-state index contributed by atoms with van der Waals surface area (Å²) in [5.41, 5.74) is 3.49. The maximum atomic E-state index is 13.2. The van der Waals surface area contributed by atoms with Crippen LogP contribution in [-0.2, 0) is 31.3 Å². The number of anilines is 3. The second-order valence-corrected chi connectivity index (χ2v) is 14.0. The molecule has 0 atom stereocenters. The first-order valence-electron chi connectivity index (χ1n) is 14.4. The standard InChI is InChI=1S/C35H33N3O7S2/c1-24-9-15-29(16-10-24)46(40,41)37-32-19-13-27(21-31(32)35(39)44-3)45-28-14-20-33(34(22-28)36-23-26-7-5-4-6-8-26)38-47(42,43)30-17-11-25(2)12-18-30/h4-22,36-38H,23H2,1-3H3. The minimum absolute atomic E-state index is 0.0100. The Bertz CT molecular complexity index is 2100. The van der Waals surface area contributed by atoms with E-state index in [2.05, 4.69) is 14.8 Å². The molecular weight excluding hydrogens is 639 g/mol. The molecule has 0 unspecified atom stereocenters. The van der Waals surface area contributed by atoms with E-state index in [4.69, 9.17) is 9.47 Å². The molecule has 0 saturated carbocycles. The molecule has 5 aromatic rings. The number of ether oxygens (including phenoxy) is 2. The van der Waals surface area contributed by atoms with Gasteiger partial charge in [0.2, 0.25) is 0 Å². The molecule has 0 amide bonds. The number of sulfonamides is 2. The summed E-state index contributed by atoms with van der Waals surface area (Å²) in [6.07, 6.45) is 0. The van der Waals surface area contributed by atoms with Crippen LogP contribution in [0.5, 0.6) is 11.5 Å². The van der Waals surface area contributed by atoms with E-state index in [0.29, 0.717) is 23.7 Å². The SMILES string of the molecule is COC(=O)c1cc(Oc2ccc(NS(=O)(=O)c3ccc(C)cc3)c(NCc3ccccc3)c2)ccc1NS(=O)(=O)c1ccc(C)cc1. The zero-order valence-electron chi connectivity index (χ0n) is 25.9. The number of aryl methyl sites for hydroxylation is 2. The second-order valence-electron chi connectivity index (χ2n) is 10.7. The van der Waals surface area contributed by atoms with E-state index in [1.54, 1.807) is 42.5 Å². The molecule has 242 valence electrons. The zero-order valence-corrected chi connectivity index (χ0v) is 27.5. The number of hydrogen-bond donors (Lipinski definition) is 3. The average molecular weight is 672 g/mol. The van der Waals surface area contributed by atoms with Gasteiger partial charge in [-0.3, -0.25) is 9.44 Å². The summed E-state index contributed by atoms with van der Waals surface area (Å²) >= 11 is 0. The van der Waals surface area contributed by atoms with Crippen LogP contribution in [0.25, 0.3) is 0 Å². The van der Waals surface area contributed by atoms with E-state index >= 15 is 0 Å². The fourth-order valence-corrected chi connectivity index (χ4v) is 6.71. The second kappa shape index (κ2) is 14.0. The average Bonchev–Trinajstić information content (AvgIpc) is 3.05. The summed E-state index contributed by atoms with van der Waals surface area (Å²) in [6.45, 7) is 4.11. The van der Waals surface area contributed by atoms with Crippen LogP contribution in [-0.4, -0.2) is 29.9 Å². The normalized spacial score (nSPS) is 11.4. The molecule has 0 radical (unpaired) electrons. The number of nitrogens with one attached hydrogen (secondary N) is 3. The summed E-state index contributed by atoms with van der Waals surface area (Å²) in [5, 5.41) is 3.27. The van der Waals surface area contributed by atoms with Crippen molar-refractivity contribution in [2.24, 2.45) is 0 Å². The Hall–Kier alpha value is -5.33. The minimum Gasteiger partial charge on any atom is -0.465 e. The van der Waals surface area contributed by atoms with Crippen LogP contribution in [0.4, 0.5) is 17.1 Å². The summed E-state index contributed by atoms with van der Waals surface area (Å²) < 4.78 is 68.6. The Labute approximate surface area is 274 Å². The van der Waals surface area contributed by atoms with E-state index in [1.165, 1.54) is 49.6 Å². The van der Waals surface area contributed by atoms with Crippen LogP contribution < -0.4 is 19.5 Å². The molecule has 0 fully saturated rings. The molecule has 0 bridgehead atoms. The molecule has 0 aliphatic rings. The first-order valence-corrected chi connectivity index (χ1v) is 17.4. The van der Waals surface area contributed by atoms with Gasteiger partial charge in [-0.05, 0) is 74.0 Å². The molecule has 0 saturated heterocycles. The summed E-state index contributed by atoms with van der Waals surface area (Å²) in [7, 11) is -6.72. The van der Waals surface area contributed by atoms with Gasteiger partial charge >= 0.3 is 5.97 Å². The van der Waals surface area contributed by atoms with Crippen LogP contribution in [0.1, 0.15) is 27.0 Å². The van der Waals surface area contributed by atoms with Gasteiger partial charge in [0.1, 0.15) is 11.5 Å². The first kappa shape index (κ1) is 33.0. The van der Waals surface area contributed by atoms with Crippen LogP contribution in [0.3, 0.4) is 0 Å². The highest BCUT2D eigenvalue weighted by Gasteiger charge is 2.21. The summed E-state index contributed by atoms with van der Waals surface area (Å²) in [5.74, 6) is -0.239. The van der Waals surface area contributed by atoms with Crippen molar-refractivity contribution < 1.29 is 31.1 Å². The van der Waals surface area contributed by atoms with Crippen LogP contribution >= 0.6 is 0 Å². The van der Waals surface area contributed by atoms with E-state index in [-0.39, 0.29) is 26.8 Å². The van der Waals surface area contributed by atoms with Gasteiger partial charge in [-0.1, -0.05) is 65.7 Å². The van der Waals surface area contributed by atoms with Gasteiger partial charge in [0.05, 0.1) is 39.5 Å². The maximum absolute atomic E-state index is 13.2. The molecule has 0 heterocycles. The molecule has 5 aromatic carbocycles. The first-order chi connectivity index (χ1) is 22.4. The molecule has 5 rings (SSSR count). The van der Waals surface area contributed by atoms with Crippen molar-refractivity contribution in [2.45, 2.75) is 30.2 Å². The van der Waals surface area contributed by atoms with Crippen molar-refractivity contribution in [1.29, 1.82) is 0 Å². The topological polar surface area (TPSA) is 140 Å². The van der Waals surface area contributed by atoms with Gasteiger partial charge in [-0.25, -0.2) is 21.6 Å². The third-order valence-electron chi connectivity index (χ3n) is 7.10. The largest absolute Gasteiger partial charge is 0.465 e. The lowest BCUT2D eigenvalue weighted by molar-refractivity contribution is 0.0601. The van der Waals surface area contributed by atoms with Crippen LogP contribution in [0.15, 0.2) is 125 Å². The van der Waals surface area contributed by atoms with E-state index in [1.807, 2.05) is 44.2 Å². The predicted octanol–water partition coefficient (Wildman–Crippen LogP) is 7.10. The molecule has 0 spiro atoms. The molecule has 10 nitrogen and oxygen atoms in total. The highest BCUT2D eigenvalue weighted by atomic mass is 32.2. The number of hydrogen-bond acceptors (Lipinski definition) is 8. The van der Waals surface area contributed by atoms with Gasteiger partial charge in [-0.2, -0.15) is 0 Å². The van der Waals surface area contributed by atoms with E-state index in [9.17, 15) is 21.6 Å². The van der Waals surface area contributed by atoms with E-state index < -0.39 is 26.0 Å². The van der Waals surface area contributed by atoms with Crippen molar-refractivity contribution in [3.8, 4) is 11.5 Å². The number of benzene rings is 5. The zero-order chi connectivity index (χ0) is 33.6. The number of carbonyl (C=O) groups is 1. The van der Waals surface area contributed by atoms with Crippen LogP contribution in [0, 0.1) is 13.8 Å². The highest BCUT2D eigenvalue weighted by Crippen LogP contribution is 2.34. The van der Waals surface area contributed by atoms with Gasteiger partial charge in [-0.15, -0.1) is 0 Å². The smallest absolute Gasteiger partial charge is 0.340 e. The lowest BCUT2D eigenvalue weighted by Crippen LogP contribution is -2.16. The molecule has 12 heteroatoms. The van der Waals surface area contributed by atoms with Gasteiger partial charge in [0, 0.05) is 12.6 Å². The summed E-state index contributed by atoms with van der Waals surface area (Å²) in [6, 6.07) is 31.5. The maximum Gasteiger partial charge on any atom is 0.340 e. The fourth-order valence-electron chi connectivity index (χ4n) is 4.55. The molecule has 0 aromatic heterocycles. The summed E-state index contributed by atoms with van der Waals surface area (Å²) in [4.78, 5) is 12.9. The van der Waals surface area contributed by atoms with Gasteiger partial charge in [0.15, 0.2) is 0 Å². The molecule has 3 N–H and O–H groups in total. The fraction of sp³-hybridized carbons (Fsp3) is 0.114.